The van der Waals surface area contributed by atoms with Gasteiger partial charge in [-0.3, -0.25) is 14.9 Å². The molecule has 0 aromatic heterocycles. The Bertz CT molecular complexity index is 1250. The number of carbonyl (C=O) groups excluding carboxylic acids is 1. The van der Waals surface area contributed by atoms with E-state index < -0.39 is 15.8 Å². The molecule has 184 valence electrons. The smallest absolute Gasteiger partial charge is 0.232 e. The molecule has 3 rings (SSSR count). The highest BCUT2D eigenvalue weighted by atomic mass is 32.2. The molecule has 2 aromatic rings. The zero-order valence-corrected chi connectivity index (χ0v) is 21.0. The summed E-state index contributed by atoms with van der Waals surface area (Å²) < 4.78 is 52.0. The molecule has 1 aliphatic rings. The summed E-state index contributed by atoms with van der Waals surface area (Å²) in [5.74, 6) is -1.13. The van der Waals surface area contributed by atoms with E-state index in [2.05, 4.69) is 4.72 Å². The number of fused-ring (bicyclic) bond motifs is 1. The lowest BCUT2D eigenvalue weighted by molar-refractivity contribution is 0.0962. The van der Waals surface area contributed by atoms with Crippen LogP contribution in [0.2, 0.25) is 0 Å². The number of anilines is 1. The molecule has 0 spiro atoms. The molecule has 0 amide bonds. The van der Waals surface area contributed by atoms with Gasteiger partial charge in [0.1, 0.15) is 5.84 Å². The number of nitrogens with one attached hydrogen (secondary N) is 2. The first-order chi connectivity index (χ1) is 15.8. The summed E-state index contributed by atoms with van der Waals surface area (Å²) in [6.45, 7) is 7.40. The van der Waals surface area contributed by atoms with Crippen LogP contribution in [0.3, 0.4) is 0 Å². The number of carbonyl (C=O) groups is 1. The largest absolute Gasteiger partial charge is 0.493 e. The first kappa shape index (κ1) is 25.5. The van der Waals surface area contributed by atoms with Crippen LogP contribution in [-0.2, 0) is 22.0 Å². The second kappa shape index (κ2) is 9.25. The normalized spacial score (nSPS) is 13.6. The van der Waals surface area contributed by atoms with Crippen molar-refractivity contribution in [3.05, 3.63) is 52.3 Å². The van der Waals surface area contributed by atoms with Crippen LogP contribution in [0.5, 0.6) is 11.5 Å². The van der Waals surface area contributed by atoms with Crippen molar-refractivity contribution in [2.75, 3.05) is 31.2 Å². The van der Waals surface area contributed by atoms with Crippen LogP contribution < -0.4 is 14.2 Å². The number of sulfonamides is 1. The Labute approximate surface area is 199 Å². The van der Waals surface area contributed by atoms with Gasteiger partial charge in [-0.15, -0.1) is 0 Å². The zero-order valence-electron chi connectivity index (χ0n) is 20.2. The van der Waals surface area contributed by atoms with E-state index >= 15 is 4.39 Å². The fourth-order valence-electron chi connectivity index (χ4n) is 3.76. The fourth-order valence-corrected chi connectivity index (χ4v) is 4.38. The Balaban J connectivity index is 1.93. The van der Waals surface area contributed by atoms with Crippen LogP contribution in [0.25, 0.3) is 0 Å². The van der Waals surface area contributed by atoms with Crippen molar-refractivity contribution in [1.82, 2.24) is 4.90 Å². The number of Topliss-reactive ketones (excluding diaryl/α,β-unsaturated/α-hetero) is 1. The van der Waals surface area contributed by atoms with Crippen molar-refractivity contribution in [3.8, 4) is 11.5 Å². The van der Waals surface area contributed by atoms with Gasteiger partial charge in [0.15, 0.2) is 23.1 Å². The lowest BCUT2D eigenvalue weighted by Gasteiger charge is -2.22. The molecule has 0 fully saturated rings. The summed E-state index contributed by atoms with van der Waals surface area (Å²) in [6, 6.07) is 6.54. The number of nitrogens with zero attached hydrogens (tertiary/aromatic N) is 1. The van der Waals surface area contributed by atoms with E-state index in [1.807, 2.05) is 20.8 Å². The van der Waals surface area contributed by atoms with E-state index in [-0.39, 0.29) is 52.9 Å². The van der Waals surface area contributed by atoms with E-state index in [0.29, 0.717) is 16.8 Å². The van der Waals surface area contributed by atoms with E-state index in [1.54, 1.807) is 18.2 Å². The van der Waals surface area contributed by atoms with Crippen molar-refractivity contribution >= 4 is 27.3 Å². The van der Waals surface area contributed by atoms with E-state index in [9.17, 15) is 13.2 Å². The van der Waals surface area contributed by atoms with Crippen LogP contribution in [0, 0.1) is 11.2 Å². The summed E-state index contributed by atoms with van der Waals surface area (Å²) in [5, 5.41) is 8.46. The van der Waals surface area contributed by atoms with Gasteiger partial charge in [-0.25, -0.2) is 12.8 Å². The molecular formula is C24H30FN3O5S. The summed E-state index contributed by atoms with van der Waals surface area (Å²) in [7, 11) is -0.814. The van der Waals surface area contributed by atoms with E-state index in [1.165, 1.54) is 32.1 Å². The summed E-state index contributed by atoms with van der Waals surface area (Å²) in [4.78, 5) is 14.7. The quantitative estimate of drug-likeness (QED) is 0.542. The molecule has 0 atom stereocenters. The van der Waals surface area contributed by atoms with E-state index in [4.69, 9.17) is 14.9 Å². The number of amidine groups is 1. The van der Waals surface area contributed by atoms with Crippen molar-refractivity contribution in [3.63, 3.8) is 0 Å². The Morgan fingerprint density at radius 3 is 2.41 bits per heavy atom. The number of hydrogen-bond acceptors (Lipinski definition) is 6. The number of halogens is 1. The third kappa shape index (κ3) is 5.01. The van der Waals surface area contributed by atoms with Crippen molar-refractivity contribution in [2.45, 2.75) is 39.7 Å². The molecular weight excluding hydrogens is 461 g/mol. The highest BCUT2D eigenvalue weighted by molar-refractivity contribution is 7.92. The highest BCUT2D eigenvalue weighted by Gasteiger charge is 2.33. The number of methoxy groups -OCH3 is 2. The van der Waals surface area contributed by atoms with Gasteiger partial charge in [-0.2, -0.15) is 0 Å². The van der Waals surface area contributed by atoms with Gasteiger partial charge in [0.25, 0.3) is 0 Å². The van der Waals surface area contributed by atoms with Gasteiger partial charge >= 0.3 is 0 Å². The first-order valence-electron chi connectivity index (χ1n) is 10.8. The average molecular weight is 492 g/mol. The summed E-state index contributed by atoms with van der Waals surface area (Å²) in [5.41, 5.74) is 1.65. The minimum Gasteiger partial charge on any atom is -0.493 e. The van der Waals surface area contributed by atoms with Crippen LogP contribution in [0.15, 0.2) is 24.3 Å². The second-order valence-corrected chi connectivity index (χ2v) is 11.2. The van der Waals surface area contributed by atoms with Gasteiger partial charge in [-0.1, -0.05) is 20.8 Å². The van der Waals surface area contributed by atoms with Gasteiger partial charge < -0.3 is 14.4 Å². The lowest BCUT2D eigenvalue weighted by atomic mass is 9.85. The predicted molar refractivity (Wildman–Crippen MR) is 129 cm³/mol. The van der Waals surface area contributed by atoms with Crippen molar-refractivity contribution in [1.29, 1.82) is 5.41 Å². The highest BCUT2D eigenvalue weighted by Crippen LogP contribution is 2.38. The molecule has 10 heteroatoms. The standard InChI is InChI=1S/C24H30FN3O5S/c1-7-34(30,31)27-17-9-14(8-16(11-17)24(2,3)4)18(29)13-28-12-15-10-19(32-5)22(33-6)21(25)20(15)23(28)26/h8-11,26-27H,7,12-13H2,1-6H3. The number of hydrogen-bond donors (Lipinski definition) is 2. The first-order valence-corrected chi connectivity index (χ1v) is 12.4. The van der Waals surface area contributed by atoms with Gasteiger partial charge in [0, 0.05) is 17.8 Å². The molecule has 0 unspecified atom stereocenters. The molecule has 0 radical (unpaired) electrons. The molecule has 34 heavy (non-hydrogen) atoms. The number of ether oxygens (including phenoxy) is 2. The zero-order chi connectivity index (χ0) is 25.4. The number of benzene rings is 2. The van der Waals surface area contributed by atoms with Crippen molar-refractivity contribution in [2.24, 2.45) is 0 Å². The molecule has 0 saturated carbocycles. The minimum absolute atomic E-state index is 0.0743. The van der Waals surface area contributed by atoms with Crippen molar-refractivity contribution < 1.29 is 27.1 Å². The third-order valence-corrected chi connectivity index (χ3v) is 7.02. The maximum Gasteiger partial charge on any atom is 0.232 e. The SMILES string of the molecule is CCS(=O)(=O)Nc1cc(C(=O)CN2Cc3cc(OC)c(OC)c(F)c3C2=N)cc(C(C)(C)C)c1. The Morgan fingerprint density at radius 2 is 1.85 bits per heavy atom. The van der Waals surface area contributed by atoms with Gasteiger partial charge in [0.05, 0.1) is 32.1 Å². The molecule has 0 saturated heterocycles. The molecule has 8 nitrogen and oxygen atoms in total. The van der Waals surface area contributed by atoms with E-state index in [0.717, 1.165) is 5.56 Å². The van der Waals surface area contributed by atoms with Crippen LogP contribution >= 0.6 is 0 Å². The van der Waals surface area contributed by atoms with Crippen LogP contribution in [0.4, 0.5) is 10.1 Å². The molecule has 2 N–H and O–H groups in total. The summed E-state index contributed by atoms with van der Waals surface area (Å²) >= 11 is 0. The van der Waals surface area contributed by atoms with Gasteiger partial charge in [-0.05, 0) is 47.7 Å². The monoisotopic (exact) mass is 491 g/mol. The number of rotatable bonds is 8. The average Bonchev–Trinajstić information content (AvgIpc) is 3.07. The molecule has 1 aliphatic heterocycles. The van der Waals surface area contributed by atoms with Crippen LogP contribution in [-0.4, -0.2) is 51.5 Å². The molecule has 2 aromatic carbocycles. The molecule has 1 heterocycles. The minimum atomic E-state index is -3.53. The Kier molecular flexibility index (Phi) is 6.93. The fraction of sp³-hybridized carbons (Fsp3) is 0.417. The Morgan fingerprint density at radius 1 is 1.18 bits per heavy atom. The third-order valence-electron chi connectivity index (χ3n) is 5.72. The maximum absolute atomic E-state index is 15.0. The predicted octanol–water partition coefficient (Wildman–Crippen LogP) is 3.93. The maximum atomic E-state index is 15.0. The Hall–Kier alpha value is -3.14. The summed E-state index contributed by atoms with van der Waals surface area (Å²) in [6.07, 6.45) is 0. The number of ketones is 1. The second-order valence-electron chi connectivity index (χ2n) is 9.14. The lowest BCUT2D eigenvalue weighted by Crippen LogP contribution is -2.30. The molecule has 0 bridgehead atoms. The van der Waals surface area contributed by atoms with Gasteiger partial charge in [0.2, 0.25) is 10.0 Å². The van der Waals surface area contributed by atoms with Crippen LogP contribution in [0.1, 0.15) is 54.7 Å². The molecule has 0 aliphatic carbocycles. The topological polar surface area (TPSA) is 109 Å².